The Hall–Kier alpha value is -0.810. The highest BCUT2D eigenvalue weighted by atomic mass is 16.8. The van der Waals surface area contributed by atoms with Gasteiger partial charge in [-0.25, -0.2) is 4.79 Å². The van der Waals surface area contributed by atoms with Crippen molar-refractivity contribution < 1.29 is 19.1 Å². The summed E-state index contributed by atoms with van der Waals surface area (Å²) in [5, 5.41) is 1.61. The second-order valence-corrected chi connectivity index (χ2v) is 4.95. The summed E-state index contributed by atoms with van der Waals surface area (Å²) in [5.74, 6) is 0. The minimum atomic E-state index is -0.637. The molecule has 2 aliphatic heterocycles. The Balaban J connectivity index is 1.74. The van der Waals surface area contributed by atoms with Gasteiger partial charge in [0.2, 0.25) is 0 Å². The number of carbonyl (C=O) groups is 1. The van der Waals surface area contributed by atoms with E-state index in [0.29, 0.717) is 12.6 Å². The van der Waals surface area contributed by atoms with E-state index in [9.17, 15) is 4.79 Å². The lowest BCUT2D eigenvalue weighted by Crippen LogP contribution is -2.38. The van der Waals surface area contributed by atoms with Gasteiger partial charge in [-0.05, 0) is 27.2 Å². The van der Waals surface area contributed by atoms with Crippen LogP contribution in [0.5, 0.6) is 0 Å². The quantitative estimate of drug-likeness (QED) is 0.488. The Labute approximate surface area is 89.2 Å². The molecule has 2 heterocycles. The molecule has 5 heteroatoms. The molecule has 0 N–H and O–H groups in total. The average Bonchev–Trinajstić information content (AvgIpc) is 2.77. The molecule has 2 unspecified atom stereocenters. The van der Waals surface area contributed by atoms with Crippen molar-refractivity contribution >= 4 is 6.16 Å². The van der Waals surface area contributed by atoms with Gasteiger partial charge in [0, 0.05) is 6.54 Å². The van der Waals surface area contributed by atoms with Gasteiger partial charge in [0.25, 0.3) is 0 Å². The number of hydroxylamine groups is 2. The highest BCUT2D eigenvalue weighted by Gasteiger charge is 2.44. The third-order valence-corrected chi connectivity index (χ3v) is 2.33. The number of piperidine rings is 1. The van der Waals surface area contributed by atoms with Gasteiger partial charge in [-0.1, -0.05) is 0 Å². The number of nitrogens with zero attached hydrogens (tertiary/aromatic N) is 1. The molecule has 0 spiro atoms. The normalized spacial score (nSPS) is 30.6. The first-order valence-electron chi connectivity index (χ1n) is 5.25. The summed E-state index contributed by atoms with van der Waals surface area (Å²) in [7, 11) is 0. The fourth-order valence-corrected chi connectivity index (χ4v) is 1.61. The molecule has 0 aromatic rings. The van der Waals surface area contributed by atoms with Crippen molar-refractivity contribution in [2.45, 2.75) is 45.0 Å². The topological polar surface area (TPSA) is 51.3 Å². The second-order valence-electron chi connectivity index (χ2n) is 4.95. The predicted octanol–water partition coefficient (Wildman–Crippen LogP) is 1.33. The predicted molar refractivity (Wildman–Crippen MR) is 52.2 cm³/mol. The maximum absolute atomic E-state index is 11.3. The third-order valence-electron chi connectivity index (χ3n) is 2.33. The Morgan fingerprint density at radius 1 is 1.40 bits per heavy atom. The van der Waals surface area contributed by atoms with Crippen LogP contribution in [0.3, 0.4) is 0 Å². The monoisotopic (exact) mass is 215 g/mol. The molecule has 86 valence electrons. The third kappa shape index (κ3) is 3.07. The van der Waals surface area contributed by atoms with Gasteiger partial charge in [-0.2, -0.15) is 0 Å². The van der Waals surface area contributed by atoms with E-state index in [0.717, 1.165) is 13.0 Å². The molecule has 5 nitrogen and oxygen atoms in total. The Morgan fingerprint density at radius 2 is 2.13 bits per heavy atom. The zero-order valence-corrected chi connectivity index (χ0v) is 9.36. The minimum Gasteiger partial charge on any atom is -0.427 e. The van der Waals surface area contributed by atoms with E-state index in [2.05, 4.69) is 0 Å². The van der Waals surface area contributed by atoms with Gasteiger partial charge in [0.15, 0.2) is 0 Å². The molecule has 2 rings (SSSR count). The Kier molecular flexibility index (Phi) is 2.60. The van der Waals surface area contributed by atoms with E-state index in [1.54, 1.807) is 5.06 Å². The maximum Gasteiger partial charge on any atom is 0.528 e. The summed E-state index contributed by atoms with van der Waals surface area (Å²) < 4.78 is 10.4. The summed E-state index contributed by atoms with van der Waals surface area (Å²) in [6, 6.07) is 0. The number of fused-ring (bicyclic) bond motifs is 1. The smallest absolute Gasteiger partial charge is 0.427 e. The first kappa shape index (κ1) is 10.7. The molecule has 0 aromatic carbocycles. The Bertz CT molecular complexity index is 261. The second kappa shape index (κ2) is 3.64. The van der Waals surface area contributed by atoms with Gasteiger partial charge < -0.3 is 14.3 Å². The lowest BCUT2D eigenvalue weighted by atomic mass is 10.2. The molecule has 0 aromatic heterocycles. The summed E-state index contributed by atoms with van der Waals surface area (Å²) >= 11 is 0. The molecule has 2 fully saturated rings. The van der Waals surface area contributed by atoms with Gasteiger partial charge in [0.05, 0.1) is 12.6 Å². The van der Waals surface area contributed by atoms with Crippen molar-refractivity contribution in [3.8, 4) is 0 Å². The van der Waals surface area contributed by atoms with Crippen molar-refractivity contribution in [2.24, 2.45) is 0 Å². The fraction of sp³-hybridized carbons (Fsp3) is 0.900. The summed E-state index contributed by atoms with van der Waals surface area (Å²) in [5.41, 5.74) is -0.508. The van der Waals surface area contributed by atoms with Crippen LogP contribution in [0.2, 0.25) is 0 Å². The fourth-order valence-electron chi connectivity index (χ4n) is 1.61. The molecule has 0 saturated carbocycles. The number of hydrogen-bond acceptors (Lipinski definition) is 5. The van der Waals surface area contributed by atoms with E-state index in [-0.39, 0.29) is 6.10 Å². The van der Waals surface area contributed by atoms with Gasteiger partial charge >= 0.3 is 6.16 Å². The molecule has 2 saturated heterocycles. The van der Waals surface area contributed by atoms with E-state index >= 15 is 0 Å². The van der Waals surface area contributed by atoms with Crippen molar-refractivity contribution in [2.75, 3.05) is 13.1 Å². The van der Waals surface area contributed by atoms with Crippen molar-refractivity contribution in [1.82, 2.24) is 5.06 Å². The molecule has 0 amide bonds. The first-order chi connectivity index (χ1) is 6.94. The summed E-state index contributed by atoms with van der Waals surface area (Å²) in [4.78, 5) is 16.4. The van der Waals surface area contributed by atoms with Crippen LogP contribution in [0.15, 0.2) is 0 Å². The first-order valence-corrected chi connectivity index (χ1v) is 5.25. The number of ether oxygens (including phenoxy) is 2. The largest absolute Gasteiger partial charge is 0.528 e. The zero-order valence-electron chi connectivity index (χ0n) is 9.36. The van der Waals surface area contributed by atoms with Crippen LogP contribution in [0, 0.1) is 0 Å². The molecule has 0 bridgehead atoms. The van der Waals surface area contributed by atoms with Crippen LogP contribution in [0.25, 0.3) is 0 Å². The maximum atomic E-state index is 11.3. The lowest BCUT2D eigenvalue weighted by molar-refractivity contribution is -0.147. The van der Waals surface area contributed by atoms with Crippen LogP contribution in [0.4, 0.5) is 4.79 Å². The SMILES string of the molecule is CC(C)(C)OC(=O)ON1CCC2OC2C1. The molecule has 2 atom stereocenters. The van der Waals surface area contributed by atoms with Gasteiger partial charge in [-0.15, -0.1) is 5.06 Å². The van der Waals surface area contributed by atoms with Gasteiger partial charge in [0.1, 0.15) is 11.7 Å². The minimum absolute atomic E-state index is 0.251. The molecule has 2 aliphatic rings. The van der Waals surface area contributed by atoms with E-state index < -0.39 is 11.8 Å². The number of carbonyl (C=O) groups excluding carboxylic acids is 1. The summed E-state index contributed by atoms with van der Waals surface area (Å²) in [6.07, 6.45) is 0.930. The van der Waals surface area contributed by atoms with Crippen molar-refractivity contribution in [3.05, 3.63) is 0 Å². The van der Waals surface area contributed by atoms with Crippen LogP contribution < -0.4 is 0 Å². The standard InChI is InChI=1S/C10H17NO4/c1-10(2,3)14-9(12)15-11-5-4-7-8(6-11)13-7/h7-8H,4-6H2,1-3H3. The van der Waals surface area contributed by atoms with Crippen LogP contribution in [0.1, 0.15) is 27.2 Å². The van der Waals surface area contributed by atoms with Gasteiger partial charge in [-0.3, -0.25) is 0 Å². The number of epoxide rings is 1. The molecular formula is C10H17NO4. The van der Waals surface area contributed by atoms with Crippen molar-refractivity contribution in [3.63, 3.8) is 0 Å². The van der Waals surface area contributed by atoms with Crippen molar-refractivity contribution in [1.29, 1.82) is 0 Å². The van der Waals surface area contributed by atoms with Crippen LogP contribution in [-0.2, 0) is 14.3 Å². The molecule has 0 aliphatic carbocycles. The number of rotatable bonds is 1. The zero-order chi connectivity index (χ0) is 11.1. The highest BCUT2D eigenvalue weighted by molar-refractivity contribution is 5.60. The molecular weight excluding hydrogens is 198 g/mol. The average molecular weight is 215 g/mol. The summed E-state index contributed by atoms with van der Waals surface area (Å²) in [6.45, 7) is 6.81. The lowest BCUT2D eigenvalue weighted by Gasteiger charge is -2.25. The van der Waals surface area contributed by atoms with E-state index in [1.807, 2.05) is 20.8 Å². The van der Waals surface area contributed by atoms with E-state index in [1.165, 1.54) is 0 Å². The number of hydrogen-bond donors (Lipinski definition) is 0. The van der Waals surface area contributed by atoms with Crippen LogP contribution in [-0.4, -0.2) is 42.1 Å². The van der Waals surface area contributed by atoms with Crippen LogP contribution >= 0.6 is 0 Å². The van der Waals surface area contributed by atoms with E-state index in [4.69, 9.17) is 14.3 Å². The Morgan fingerprint density at radius 3 is 2.73 bits per heavy atom. The molecule has 0 radical (unpaired) electrons. The molecule has 15 heavy (non-hydrogen) atoms. The highest BCUT2D eigenvalue weighted by Crippen LogP contribution is 2.30.